The van der Waals surface area contributed by atoms with E-state index in [4.69, 9.17) is 0 Å². The van der Waals surface area contributed by atoms with Gasteiger partial charge in [0.05, 0.1) is 5.54 Å². The van der Waals surface area contributed by atoms with E-state index in [1.54, 1.807) is 0 Å². The molecule has 2 nitrogen and oxygen atoms in total. The van der Waals surface area contributed by atoms with Gasteiger partial charge in [-0.15, -0.1) is 0 Å². The third kappa shape index (κ3) is 3.82. The molecule has 266 valence electrons. The van der Waals surface area contributed by atoms with E-state index in [1.807, 2.05) is 0 Å². The maximum atomic E-state index is 2.78. The summed E-state index contributed by atoms with van der Waals surface area (Å²) in [6.45, 7) is 15.0. The zero-order chi connectivity index (χ0) is 37.5. The van der Waals surface area contributed by atoms with Gasteiger partial charge in [-0.2, -0.15) is 0 Å². The Morgan fingerprint density at radius 1 is 0.418 bits per heavy atom. The molecule has 7 aromatic rings. The van der Waals surface area contributed by atoms with Crippen molar-refractivity contribution < 1.29 is 0 Å². The third-order valence-electron chi connectivity index (χ3n) is 14.8. The lowest BCUT2D eigenvalue weighted by molar-refractivity contribution is 0.331. The Morgan fingerprint density at radius 2 is 0.873 bits per heavy atom. The molecule has 0 aromatic heterocycles. The van der Waals surface area contributed by atoms with Gasteiger partial charge in [0.2, 0.25) is 0 Å². The van der Waals surface area contributed by atoms with E-state index in [1.165, 1.54) is 83.6 Å². The zero-order valence-electron chi connectivity index (χ0n) is 32.6. The molecule has 11 rings (SSSR count). The molecular weight excluding hydrogens is 663 g/mol. The molecule has 3 heteroatoms. The third-order valence-corrected chi connectivity index (χ3v) is 14.8. The molecule has 4 aliphatic rings. The van der Waals surface area contributed by atoms with E-state index >= 15 is 0 Å². The molecule has 4 aliphatic heterocycles. The fourth-order valence-electron chi connectivity index (χ4n) is 11.4. The van der Waals surface area contributed by atoms with Crippen molar-refractivity contribution in [1.82, 2.24) is 0 Å². The van der Waals surface area contributed by atoms with Crippen molar-refractivity contribution in [2.75, 3.05) is 9.80 Å². The first-order valence-corrected chi connectivity index (χ1v) is 19.9. The summed E-state index contributed by atoms with van der Waals surface area (Å²) in [5.74, 6) is 0. The van der Waals surface area contributed by atoms with Gasteiger partial charge in [-0.05, 0) is 101 Å². The molecule has 0 bridgehead atoms. The van der Waals surface area contributed by atoms with Crippen LogP contribution >= 0.6 is 0 Å². The number of rotatable bonds is 4. The van der Waals surface area contributed by atoms with E-state index in [-0.39, 0.29) is 17.7 Å². The van der Waals surface area contributed by atoms with Gasteiger partial charge < -0.3 is 9.80 Å². The molecular formula is C52H45BN2. The lowest BCUT2D eigenvalue weighted by atomic mass is 9.33. The summed E-state index contributed by atoms with van der Waals surface area (Å²) in [5.41, 5.74) is 19.1. The summed E-state index contributed by atoms with van der Waals surface area (Å²) < 4.78 is 0. The minimum absolute atomic E-state index is 0.0821. The number of hydrogen-bond donors (Lipinski definition) is 0. The molecule has 0 radical (unpaired) electrons. The van der Waals surface area contributed by atoms with Crippen LogP contribution in [-0.4, -0.2) is 12.3 Å². The van der Waals surface area contributed by atoms with Gasteiger partial charge in [0.25, 0.3) is 6.71 Å². The van der Waals surface area contributed by atoms with E-state index in [9.17, 15) is 0 Å². The highest BCUT2D eigenvalue weighted by atomic mass is 15.3. The van der Waals surface area contributed by atoms with Crippen molar-refractivity contribution in [3.8, 4) is 22.3 Å². The first kappa shape index (κ1) is 32.6. The number of fused-ring (bicyclic) bond motifs is 4. The Labute approximate surface area is 326 Å². The van der Waals surface area contributed by atoms with Crippen molar-refractivity contribution in [1.29, 1.82) is 0 Å². The average Bonchev–Trinajstić information content (AvgIpc) is 3.55. The maximum absolute atomic E-state index is 2.78. The lowest BCUT2D eigenvalue weighted by Gasteiger charge is -2.52. The molecule has 55 heavy (non-hydrogen) atoms. The molecule has 0 fully saturated rings. The Balaban J connectivity index is 1.31. The van der Waals surface area contributed by atoms with E-state index in [2.05, 4.69) is 215 Å². The minimum atomic E-state index is -0.472. The van der Waals surface area contributed by atoms with Crippen molar-refractivity contribution >= 4 is 45.9 Å². The predicted octanol–water partition coefficient (Wildman–Crippen LogP) is 10.7. The van der Waals surface area contributed by atoms with Crippen LogP contribution in [0.15, 0.2) is 164 Å². The highest BCUT2D eigenvalue weighted by Crippen LogP contribution is 2.66. The van der Waals surface area contributed by atoms with Crippen LogP contribution in [0.1, 0.15) is 63.8 Å². The molecule has 2 atom stereocenters. The van der Waals surface area contributed by atoms with Gasteiger partial charge in [0.1, 0.15) is 0 Å². The Kier molecular flexibility index (Phi) is 6.47. The quantitative estimate of drug-likeness (QED) is 0.168. The first-order valence-electron chi connectivity index (χ1n) is 19.9. The molecule has 0 spiro atoms. The minimum Gasteiger partial charge on any atom is -0.336 e. The van der Waals surface area contributed by atoms with E-state index in [0.29, 0.717) is 0 Å². The number of nitrogens with zero attached hydrogens (tertiary/aromatic N) is 2. The molecule has 0 saturated carbocycles. The standard InChI is InChI=1S/C52H45BN2/c1-49(2)44-38(34-20-11-7-12-21-34)30-32-40-47(44)54(50(49,3)4)42-28-19-29-43-46(42)53(40)41-33-31-39(35-22-13-8-14-23-35)45-48(41)55(43)52(6,37-26-17-10-18-27-37)51(45,5)36-24-15-9-16-25-36/h7-33H,1-6H3. The zero-order valence-corrected chi connectivity index (χ0v) is 32.6. The highest BCUT2D eigenvalue weighted by Gasteiger charge is 2.64. The Bertz CT molecular complexity index is 2680. The summed E-state index contributed by atoms with van der Waals surface area (Å²) in [5, 5.41) is 0. The maximum Gasteiger partial charge on any atom is 0.252 e. The smallest absolute Gasteiger partial charge is 0.252 e. The van der Waals surface area contributed by atoms with Gasteiger partial charge in [-0.25, -0.2) is 0 Å². The molecule has 0 amide bonds. The topological polar surface area (TPSA) is 6.48 Å². The van der Waals surface area contributed by atoms with Crippen molar-refractivity contribution in [3.63, 3.8) is 0 Å². The van der Waals surface area contributed by atoms with Crippen LogP contribution in [0.2, 0.25) is 0 Å². The van der Waals surface area contributed by atoms with E-state index < -0.39 is 11.0 Å². The largest absolute Gasteiger partial charge is 0.336 e. The van der Waals surface area contributed by atoms with Crippen LogP contribution in [0.25, 0.3) is 22.3 Å². The monoisotopic (exact) mass is 708 g/mol. The molecule has 0 N–H and O–H groups in total. The molecule has 0 aliphatic carbocycles. The molecule has 4 heterocycles. The van der Waals surface area contributed by atoms with Gasteiger partial charge >= 0.3 is 0 Å². The van der Waals surface area contributed by atoms with Gasteiger partial charge in [-0.3, -0.25) is 0 Å². The average molecular weight is 709 g/mol. The molecule has 7 aromatic carbocycles. The second-order valence-corrected chi connectivity index (χ2v) is 17.5. The highest BCUT2D eigenvalue weighted by molar-refractivity contribution is 7.00. The summed E-state index contributed by atoms with van der Waals surface area (Å²) >= 11 is 0. The fraction of sp³-hybridized carbons (Fsp3) is 0.192. The molecule has 0 saturated heterocycles. The van der Waals surface area contributed by atoms with Crippen molar-refractivity contribution in [2.45, 2.75) is 63.5 Å². The molecule has 2 unspecified atom stereocenters. The van der Waals surface area contributed by atoms with Crippen LogP contribution in [0.3, 0.4) is 0 Å². The van der Waals surface area contributed by atoms with Crippen LogP contribution in [0.5, 0.6) is 0 Å². The number of hydrogen-bond acceptors (Lipinski definition) is 2. The van der Waals surface area contributed by atoms with E-state index in [0.717, 1.165) is 0 Å². The summed E-state index contributed by atoms with van der Waals surface area (Å²) in [6.07, 6.45) is 0. The van der Waals surface area contributed by atoms with Gasteiger partial charge in [0, 0.05) is 39.1 Å². The first-order chi connectivity index (χ1) is 26.6. The normalized spacial score (nSPS) is 21.6. The van der Waals surface area contributed by atoms with Crippen LogP contribution in [0, 0.1) is 0 Å². The Morgan fingerprint density at radius 3 is 1.42 bits per heavy atom. The van der Waals surface area contributed by atoms with Crippen LogP contribution < -0.4 is 26.2 Å². The summed E-state index contributed by atoms with van der Waals surface area (Å²) in [6, 6.07) is 61.7. The van der Waals surface area contributed by atoms with Gasteiger partial charge in [0.15, 0.2) is 0 Å². The summed E-state index contributed by atoms with van der Waals surface area (Å²) in [7, 11) is 0. The predicted molar refractivity (Wildman–Crippen MR) is 233 cm³/mol. The lowest BCUT2D eigenvalue weighted by Crippen LogP contribution is -2.65. The number of benzene rings is 7. The second-order valence-electron chi connectivity index (χ2n) is 17.5. The SMILES string of the molecule is CC1(C)c2c(-c3ccccc3)ccc3c2N(c2cccc4c2B3c2ccc(-c3ccccc3)c3c2N4C(C)(c2ccccc2)C3(C)c2ccccc2)C1(C)C. The van der Waals surface area contributed by atoms with Crippen molar-refractivity contribution in [3.05, 3.63) is 186 Å². The van der Waals surface area contributed by atoms with Crippen LogP contribution in [0.4, 0.5) is 22.7 Å². The Hall–Kier alpha value is -5.80. The summed E-state index contributed by atoms with van der Waals surface area (Å²) in [4.78, 5) is 5.51. The van der Waals surface area contributed by atoms with Crippen molar-refractivity contribution in [2.24, 2.45) is 0 Å². The number of anilines is 4. The van der Waals surface area contributed by atoms with Gasteiger partial charge in [-0.1, -0.05) is 166 Å². The van der Waals surface area contributed by atoms with Crippen LogP contribution in [-0.2, 0) is 16.4 Å². The fourth-order valence-corrected chi connectivity index (χ4v) is 11.4. The second kappa shape index (κ2) is 10.9.